The SMILES string of the molecule is COCC(CN)(C(C)C)N(C)c1ccccc1F. The number of anilines is 1. The first-order chi connectivity index (χ1) is 8.49. The maximum absolute atomic E-state index is 13.9. The predicted molar refractivity (Wildman–Crippen MR) is 73.3 cm³/mol. The molecule has 18 heavy (non-hydrogen) atoms. The Morgan fingerprint density at radius 3 is 2.44 bits per heavy atom. The summed E-state index contributed by atoms with van der Waals surface area (Å²) in [6.45, 7) is 5.02. The van der Waals surface area contributed by atoms with Gasteiger partial charge in [0.15, 0.2) is 0 Å². The van der Waals surface area contributed by atoms with Crippen LogP contribution in [0.3, 0.4) is 0 Å². The molecule has 1 aromatic rings. The van der Waals surface area contributed by atoms with E-state index in [0.717, 1.165) is 0 Å². The van der Waals surface area contributed by atoms with Crippen molar-refractivity contribution in [2.24, 2.45) is 11.7 Å². The second kappa shape index (κ2) is 6.16. The molecule has 0 fully saturated rings. The van der Waals surface area contributed by atoms with E-state index >= 15 is 0 Å². The van der Waals surface area contributed by atoms with Gasteiger partial charge in [0.1, 0.15) is 5.82 Å². The number of ether oxygens (including phenoxy) is 1. The largest absolute Gasteiger partial charge is 0.382 e. The molecule has 0 spiro atoms. The van der Waals surface area contributed by atoms with Gasteiger partial charge in [-0.05, 0) is 18.1 Å². The van der Waals surface area contributed by atoms with Crippen molar-refractivity contribution >= 4 is 5.69 Å². The minimum absolute atomic E-state index is 0.241. The Bertz CT molecular complexity index is 384. The molecular formula is C14H23FN2O. The number of hydrogen-bond donors (Lipinski definition) is 1. The van der Waals surface area contributed by atoms with Crippen LogP contribution in [0.4, 0.5) is 10.1 Å². The molecule has 0 bridgehead atoms. The van der Waals surface area contributed by atoms with Crippen LogP contribution in [0.5, 0.6) is 0 Å². The summed E-state index contributed by atoms with van der Waals surface area (Å²) in [4.78, 5) is 1.90. The lowest BCUT2D eigenvalue weighted by Crippen LogP contribution is -2.59. The van der Waals surface area contributed by atoms with Gasteiger partial charge in [0.2, 0.25) is 0 Å². The van der Waals surface area contributed by atoms with Crippen LogP contribution in [-0.4, -0.2) is 32.8 Å². The van der Waals surface area contributed by atoms with Gasteiger partial charge in [-0.2, -0.15) is 0 Å². The minimum atomic E-state index is -0.406. The first-order valence-electron chi connectivity index (χ1n) is 6.17. The maximum Gasteiger partial charge on any atom is 0.146 e. The topological polar surface area (TPSA) is 38.5 Å². The van der Waals surface area contributed by atoms with Crippen molar-refractivity contribution in [2.45, 2.75) is 19.4 Å². The normalized spacial score (nSPS) is 14.6. The summed E-state index contributed by atoms with van der Waals surface area (Å²) in [7, 11) is 3.51. The molecule has 0 aliphatic carbocycles. The predicted octanol–water partition coefficient (Wildman–Crippen LogP) is 2.26. The standard InChI is InChI=1S/C14H23FN2O/c1-11(2)14(9-16,10-18-4)17(3)13-8-6-5-7-12(13)15/h5-8,11H,9-10,16H2,1-4H3. The van der Waals surface area contributed by atoms with Crippen LogP contribution in [0, 0.1) is 11.7 Å². The number of para-hydroxylation sites is 1. The van der Waals surface area contributed by atoms with Crippen LogP contribution in [-0.2, 0) is 4.74 Å². The van der Waals surface area contributed by atoms with Crippen LogP contribution in [0.15, 0.2) is 24.3 Å². The van der Waals surface area contributed by atoms with Gasteiger partial charge >= 0.3 is 0 Å². The third-order valence-electron chi connectivity index (χ3n) is 3.70. The van der Waals surface area contributed by atoms with Gasteiger partial charge in [-0.15, -0.1) is 0 Å². The number of nitrogens with zero attached hydrogens (tertiary/aromatic N) is 1. The highest BCUT2D eigenvalue weighted by Crippen LogP contribution is 2.30. The van der Waals surface area contributed by atoms with Crippen LogP contribution < -0.4 is 10.6 Å². The lowest BCUT2D eigenvalue weighted by atomic mass is 9.85. The lowest BCUT2D eigenvalue weighted by molar-refractivity contribution is 0.105. The average Bonchev–Trinajstić information content (AvgIpc) is 2.35. The van der Waals surface area contributed by atoms with Gasteiger partial charge in [0, 0.05) is 20.7 Å². The van der Waals surface area contributed by atoms with E-state index in [-0.39, 0.29) is 11.7 Å². The number of benzene rings is 1. The highest BCUT2D eigenvalue weighted by atomic mass is 19.1. The molecule has 1 unspecified atom stereocenters. The highest BCUT2D eigenvalue weighted by molar-refractivity contribution is 5.50. The number of nitrogens with two attached hydrogens (primary N) is 1. The van der Waals surface area contributed by atoms with E-state index in [1.807, 2.05) is 18.0 Å². The summed E-state index contributed by atoms with van der Waals surface area (Å²) in [5.41, 5.74) is 6.08. The Hall–Kier alpha value is -1.13. The fourth-order valence-electron chi connectivity index (χ4n) is 2.30. The van der Waals surface area contributed by atoms with Crippen LogP contribution >= 0.6 is 0 Å². The summed E-state index contributed by atoms with van der Waals surface area (Å²) in [5.74, 6) is 0.00151. The molecule has 0 saturated heterocycles. The summed E-state index contributed by atoms with van der Waals surface area (Å²) in [5, 5.41) is 0. The fourth-order valence-corrected chi connectivity index (χ4v) is 2.30. The van der Waals surface area contributed by atoms with Gasteiger partial charge in [-0.25, -0.2) is 4.39 Å². The van der Waals surface area contributed by atoms with Gasteiger partial charge in [-0.3, -0.25) is 0 Å². The molecule has 0 radical (unpaired) electrons. The number of halogens is 1. The summed E-state index contributed by atoms with van der Waals surface area (Å²) < 4.78 is 19.2. The Morgan fingerprint density at radius 1 is 1.39 bits per heavy atom. The molecule has 0 aromatic heterocycles. The third-order valence-corrected chi connectivity index (χ3v) is 3.70. The Morgan fingerprint density at radius 2 is 2.00 bits per heavy atom. The second-order valence-electron chi connectivity index (χ2n) is 4.91. The van der Waals surface area contributed by atoms with Crippen molar-refractivity contribution in [1.29, 1.82) is 0 Å². The zero-order valence-corrected chi connectivity index (χ0v) is 11.6. The summed E-state index contributed by atoms with van der Waals surface area (Å²) in [6.07, 6.45) is 0. The highest BCUT2D eigenvalue weighted by Gasteiger charge is 2.37. The molecule has 0 aliphatic rings. The van der Waals surface area contributed by atoms with E-state index in [4.69, 9.17) is 10.5 Å². The van der Waals surface area contributed by atoms with Crippen molar-refractivity contribution in [3.05, 3.63) is 30.1 Å². The summed E-state index contributed by atoms with van der Waals surface area (Å²) in [6, 6.07) is 6.73. The second-order valence-corrected chi connectivity index (χ2v) is 4.91. The van der Waals surface area contributed by atoms with E-state index in [9.17, 15) is 4.39 Å². The monoisotopic (exact) mass is 254 g/mol. The molecule has 0 saturated carbocycles. The molecule has 102 valence electrons. The molecule has 0 amide bonds. The van der Waals surface area contributed by atoms with Crippen molar-refractivity contribution in [1.82, 2.24) is 0 Å². The Labute approximate surface area is 109 Å². The van der Waals surface area contributed by atoms with E-state index in [1.165, 1.54) is 6.07 Å². The van der Waals surface area contributed by atoms with Crippen molar-refractivity contribution < 1.29 is 9.13 Å². The molecule has 1 rings (SSSR count). The molecular weight excluding hydrogens is 231 g/mol. The zero-order valence-electron chi connectivity index (χ0n) is 11.6. The Balaban J connectivity index is 3.17. The number of hydrogen-bond acceptors (Lipinski definition) is 3. The van der Waals surface area contributed by atoms with E-state index < -0.39 is 5.54 Å². The summed E-state index contributed by atoms with van der Waals surface area (Å²) >= 11 is 0. The van der Waals surface area contributed by atoms with Crippen LogP contribution in [0.1, 0.15) is 13.8 Å². The van der Waals surface area contributed by atoms with Crippen LogP contribution in [0.2, 0.25) is 0 Å². The molecule has 2 N–H and O–H groups in total. The molecule has 1 atom stereocenters. The van der Waals surface area contributed by atoms with E-state index in [1.54, 1.807) is 19.2 Å². The molecule has 0 aliphatic heterocycles. The smallest absolute Gasteiger partial charge is 0.146 e. The fraction of sp³-hybridized carbons (Fsp3) is 0.571. The first kappa shape index (κ1) is 14.9. The van der Waals surface area contributed by atoms with E-state index in [0.29, 0.717) is 18.8 Å². The van der Waals surface area contributed by atoms with E-state index in [2.05, 4.69) is 13.8 Å². The Kier molecular flexibility index (Phi) is 5.11. The number of methoxy groups -OCH3 is 1. The molecule has 3 nitrogen and oxygen atoms in total. The molecule has 0 heterocycles. The number of rotatable bonds is 6. The molecule has 4 heteroatoms. The van der Waals surface area contributed by atoms with Gasteiger partial charge in [-0.1, -0.05) is 26.0 Å². The van der Waals surface area contributed by atoms with Crippen LogP contribution in [0.25, 0.3) is 0 Å². The average molecular weight is 254 g/mol. The maximum atomic E-state index is 13.9. The zero-order chi connectivity index (χ0) is 13.8. The van der Waals surface area contributed by atoms with Crippen molar-refractivity contribution in [3.8, 4) is 0 Å². The van der Waals surface area contributed by atoms with Gasteiger partial charge in [0.25, 0.3) is 0 Å². The number of likely N-dealkylation sites (N-methyl/N-ethyl adjacent to an activating group) is 1. The van der Waals surface area contributed by atoms with Crippen molar-refractivity contribution in [3.63, 3.8) is 0 Å². The molecule has 1 aromatic carbocycles. The third kappa shape index (κ3) is 2.65. The van der Waals surface area contributed by atoms with Gasteiger partial charge < -0.3 is 15.4 Å². The minimum Gasteiger partial charge on any atom is -0.382 e. The lowest BCUT2D eigenvalue weighted by Gasteiger charge is -2.45. The first-order valence-corrected chi connectivity index (χ1v) is 6.17. The van der Waals surface area contributed by atoms with Gasteiger partial charge in [0.05, 0.1) is 17.8 Å². The van der Waals surface area contributed by atoms with Crippen molar-refractivity contribution in [2.75, 3.05) is 32.2 Å². The quantitative estimate of drug-likeness (QED) is 0.846.